The molecule has 156 valence electrons. The second-order valence-corrected chi connectivity index (χ2v) is 7.27. The van der Waals surface area contributed by atoms with Gasteiger partial charge in [0.2, 0.25) is 0 Å². The fourth-order valence-electron chi connectivity index (χ4n) is 3.62. The average Bonchev–Trinajstić information content (AvgIpc) is 3.53. The number of hydrogen-bond acceptors (Lipinski definition) is 4. The molecule has 5 nitrogen and oxygen atoms in total. The lowest BCUT2D eigenvalue weighted by molar-refractivity contribution is 0.0600. The van der Waals surface area contributed by atoms with Gasteiger partial charge in [-0.2, -0.15) is 0 Å². The van der Waals surface area contributed by atoms with Crippen LogP contribution in [0.4, 0.5) is 0 Å². The highest BCUT2D eigenvalue weighted by Crippen LogP contribution is 2.34. The standard InChI is InChI=1S/C27H20N2O3/c1-31-27(30)21-14-12-18(13-15-21)22-16-17-23(32-22)26-28-24(19-8-4-2-5-9-19)25(29-26)20-10-6-3-7-11-20/h2-17H,1H3,(H,28,29). The summed E-state index contributed by atoms with van der Waals surface area (Å²) in [6.45, 7) is 0. The first kappa shape index (κ1) is 19.6. The van der Waals surface area contributed by atoms with Crippen LogP contribution < -0.4 is 0 Å². The molecule has 5 heteroatoms. The summed E-state index contributed by atoms with van der Waals surface area (Å²) in [7, 11) is 1.37. The minimum atomic E-state index is -0.367. The Kier molecular flexibility index (Phi) is 5.14. The van der Waals surface area contributed by atoms with Crippen molar-refractivity contribution in [3.63, 3.8) is 0 Å². The van der Waals surface area contributed by atoms with Crippen molar-refractivity contribution >= 4 is 5.97 Å². The van der Waals surface area contributed by atoms with Gasteiger partial charge < -0.3 is 14.1 Å². The summed E-state index contributed by atoms with van der Waals surface area (Å²) in [5.74, 6) is 1.61. The smallest absolute Gasteiger partial charge is 0.337 e. The molecule has 5 aromatic rings. The van der Waals surface area contributed by atoms with Gasteiger partial charge in [-0.1, -0.05) is 72.8 Å². The van der Waals surface area contributed by atoms with E-state index in [4.69, 9.17) is 14.1 Å². The third-order valence-corrected chi connectivity index (χ3v) is 5.24. The summed E-state index contributed by atoms with van der Waals surface area (Å²) < 4.78 is 10.9. The SMILES string of the molecule is COC(=O)c1ccc(-c2ccc(-c3nc(-c4ccccc4)c(-c4ccccc4)[nH]3)o2)cc1. The molecule has 0 amide bonds. The molecule has 0 aliphatic heterocycles. The van der Waals surface area contributed by atoms with E-state index in [-0.39, 0.29) is 5.97 Å². The number of hydrogen-bond donors (Lipinski definition) is 1. The summed E-state index contributed by atoms with van der Waals surface area (Å²) in [4.78, 5) is 20.0. The molecule has 0 radical (unpaired) electrons. The van der Waals surface area contributed by atoms with E-state index in [0.29, 0.717) is 22.9 Å². The average molecular weight is 420 g/mol. The van der Waals surface area contributed by atoms with Gasteiger partial charge in [-0.15, -0.1) is 0 Å². The number of imidazole rings is 1. The molecule has 0 aliphatic carbocycles. The van der Waals surface area contributed by atoms with E-state index >= 15 is 0 Å². The number of carbonyl (C=O) groups is 1. The quantitative estimate of drug-likeness (QED) is 0.331. The minimum Gasteiger partial charge on any atom is -0.465 e. The molecule has 0 saturated carbocycles. The van der Waals surface area contributed by atoms with Crippen LogP contribution in [-0.2, 0) is 4.74 Å². The number of methoxy groups -OCH3 is 1. The predicted octanol–water partition coefficient (Wildman–Crippen LogP) is 6.46. The first-order valence-corrected chi connectivity index (χ1v) is 10.2. The Hall–Kier alpha value is -4.38. The number of aromatic amines is 1. The highest BCUT2D eigenvalue weighted by Gasteiger charge is 2.17. The summed E-state index contributed by atoms with van der Waals surface area (Å²) in [6.07, 6.45) is 0. The van der Waals surface area contributed by atoms with E-state index < -0.39 is 0 Å². The second kappa shape index (κ2) is 8.40. The predicted molar refractivity (Wildman–Crippen MR) is 124 cm³/mol. The molecule has 0 aliphatic rings. The molecule has 3 aromatic carbocycles. The zero-order chi connectivity index (χ0) is 21.9. The largest absolute Gasteiger partial charge is 0.465 e. The Morgan fingerprint density at radius 3 is 2.03 bits per heavy atom. The number of furan rings is 1. The number of benzene rings is 3. The minimum absolute atomic E-state index is 0.367. The van der Waals surface area contributed by atoms with Gasteiger partial charge in [0, 0.05) is 16.7 Å². The number of esters is 1. The molecule has 0 unspecified atom stereocenters. The van der Waals surface area contributed by atoms with Crippen molar-refractivity contribution < 1.29 is 13.9 Å². The first-order chi connectivity index (χ1) is 15.7. The Labute approximate surface area is 185 Å². The highest BCUT2D eigenvalue weighted by atomic mass is 16.5. The fourth-order valence-corrected chi connectivity index (χ4v) is 3.62. The monoisotopic (exact) mass is 420 g/mol. The molecule has 0 fully saturated rings. The number of nitrogens with one attached hydrogen (secondary N) is 1. The zero-order valence-corrected chi connectivity index (χ0v) is 17.4. The van der Waals surface area contributed by atoms with E-state index in [1.165, 1.54) is 7.11 Å². The van der Waals surface area contributed by atoms with Gasteiger partial charge in [0.1, 0.15) is 5.76 Å². The van der Waals surface area contributed by atoms with Crippen LogP contribution in [0.25, 0.3) is 45.4 Å². The number of H-pyrrole nitrogens is 1. The summed E-state index contributed by atoms with van der Waals surface area (Å²) >= 11 is 0. The van der Waals surface area contributed by atoms with Crippen LogP contribution >= 0.6 is 0 Å². The van der Waals surface area contributed by atoms with Crippen molar-refractivity contribution in [3.05, 3.63) is 103 Å². The Balaban J connectivity index is 1.53. The third-order valence-electron chi connectivity index (χ3n) is 5.24. The van der Waals surface area contributed by atoms with Gasteiger partial charge in [0.05, 0.1) is 24.1 Å². The number of aromatic nitrogens is 2. The molecule has 0 bridgehead atoms. The lowest BCUT2D eigenvalue weighted by atomic mass is 10.1. The number of ether oxygens (including phenoxy) is 1. The van der Waals surface area contributed by atoms with Crippen LogP contribution in [0.15, 0.2) is 101 Å². The Morgan fingerprint density at radius 1 is 0.750 bits per heavy atom. The van der Waals surface area contributed by atoms with Crippen LogP contribution in [0.3, 0.4) is 0 Å². The Morgan fingerprint density at radius 2 is 1.38 bits per heavy atom. The van der Waals surface area contributed by atoms with Crippen molar-refractivity contribution in [3.8, 4) is 45.4 Å². The van der Waals surface area contributed by atoms with Crippen LogP contribution in [0, 0.1) is 0 Å². The molecule has 0 atom stereocenters. The van der Waals surface area contributed by atoms with Gasteiger partial charge in [-0.25, -0.2) is 9.78 Å². The first-order valence-electron chi connectivity index (χ1n) is 10.2. The van der Waals surface area contributed by atoms with Crippen LogP contribution in [-0.4, -0.2) is 23.0 Å². The highest BCUT2D eigenvalue weighted by molar-refractivity contribution is 5.89. The molecule has 1 N–H and O–H groups in total. The second-order valence-electron chi connectivity index (χ2n) is 7.27. The van der Waals surface area contributed by atoms with E-state index in [1.807, 2.05) is 72.8 Å². The van der Waals surface area contributed by atoms with Crippen molar-refractivity contribution in [2.45, 2.75) is 0 Å². The summed E-state index contributed by atoms with van der Waals surface area (Å²) in [5, 5.41) is 0. The molecule has 2 aromatic heterocycles. The Bertz CT molecular complexity index is 1290. The van der Waals surface area contributed by atoms with Crippen molar-refractivity contribution in [2.24, 2.45) is 0 Å². The van der Waals surface area contributed by atoms with Crippen molar-refractivity contribution in [2.75, 3.05) is 7.11 Å². The maximum absolute atomic E-state index is 11.7. The number of nitrogens with zero attached hydrogens (tertiary/aromatic N) is 1. The zero-order valence-electron chi connectivity index (χ0n) is 17.4. The van der Waals surface area contributed by atoms with Gasteiger partial charge in [-0.3, -0.25) is 0 Å². The third kappa shape index (κ3) is 3.72. The molecule has 0 spiro atoms. The van der Waals surface area contributed by atoms with E-state index in [1.54, 1.807) is 12.1 Å². The maximum atomic E-state index is 11.7. The van der Waals surface area contributed by atoms with Gasteiger partial charge >= 0.3 is 5.97 Å². The van der Waals surface area contributed by atoms with Crippen molar-refractivity contribution in [1.82, 2.24) is 9.97 Å². The van der Waals surface area contributed by atoms with Gasteiger partial charge in [0.15, 0.2) is 11.6 Å². The molecule has 5 rings (SSSR count). The summed E-state index contributed by atoms with van der Waals surface area (Å²) in [5.41, 5.74) is 5.24. The van der Waals surface area contributed by atoms with Crippen molar-refractivity contribution in [1.29, 1.82) is 0 Å². The topological polar surface area (TPSA) is 68.1 Å². The van der Waals surface area contributed by atoms with E-state index in [9.17, 15) is 4.79 Å². The molecule has 0 saturated heterocycles. The van der Waals surface area contributed by atoms with Gasteiger partial charge in [0.25, 0.3) is 0 Å². The van der Waals surface area contributed by atoms with Gasteiger partial charge in [-0.05, 0) is 24.3 Å². The number of carbonyl (C=O) groups excluding carboxylic acids is 1. The summed E-state index contributed by atoms with van der Waals surface area (Å²) in [6, 6.07) is 31.1. The lowest BCUT2D eigenvalue weighted by Gasteiger charge is -2.02. The maximum Gasteiger partial charge on any atom is 0.337 e. The van der Waals surface area contributed by atoms with E-state index in [2.05, 4.69) is 17.1 Å². The lowest BCUT2D eigenvalue weighted by Crippen LogP contribution is -2.00. The number of rotatable bonds is 5. The van der Waals surface area contributed by atoms with Crippen LogP contribution in [0.5, 0.6) is 0 Å². The molecule has 32 heavy (non-hydrogen) atoms. The fraction of sp³-hybridized carbons (Fsp3) is 0.0370. The molecular weight excluding hydrogens is 400 g/mol. The van der Waals surface area contributed by atoms with Crippen LogP contribution in [0.2, 0.25) is 0 Å². The molecular formula is C27H20N2O3. The van der Waals surface area contributed by atoms with Crippen LogP contribution in [0.1, 0.15) is 10.4 Å². The van der Waals surface area contributed by atoms with E-state index in [0.717, 1.165) is 28.1 Å². The molecule has 2 heterocycles. The normalized spacial score (nSPS) is 10.8.